The maximum atomic E-state index is 13.3. The number of alkyl halides is 2. The molecular formula is C16H20F2N4O2S. The van der Waals surface area contributed by atoms with Crippen molar-refractivity contribution in [1.82, 2.24) is 15.1 Å². The lowest BCUT2D eigenvalue weighted by Gasteiger charge is -2.32. The van der Waals surface area contributed by atoms with Crippen LogP contribution in [-0.4, -0.2) is 58.9 Å². The van der Waals surface area contributed by atoms with Crippen LogP contribution in [0.5, 0.6) is 0 Å². The summed E-state index contributed by atoms with van der Waals surface area (Å²) in [6.07, 6.45) is 3.63. The SMILES string of the molecule is O=C1CCC2(CC1)CCN(C(=O)c1nnc(N3CCC(F)(F)C3)s1)C2. The molecule has 2 saturated heterocycles. The minimum absolute atomic E-state index is 0.0636. The second-order valence-electron chi connectivity index (χ2n) is 7.43. The maximum Gasteiger partial charge on any atom is 0.284 e. The van der Waals surface area contributed by atoms with Gasteiger partial charge in [0.1, 0.15) is 5.78 Å². The van der Waals surface area contributed by atoms with Crippen LogP contribution in [0, 0.1) is 5.41 Å². The summed E-state index contributed by atoms with van der Waals surface area (Å²) in [6, 6.07) is 0. The highest BCUT2D eigenvalue weighted by atomic mass is 32.1. The van der Waals surface area contributed by atoms with Gasteiger partial charge in [-0.1, -0.05) is 11.3 Å². The molecule has 25 heavy (non-hydrogen) atoms. The zero-order valence-electron chi connectivity index (χ0n) is 13.8. The number of carbonyl (C=O) groups is 2. The first-order chi connectivity index (χ1) is 11.9. The van der Waals surface area contributed by atoms with Gasteiger partial charge in [0.15, 0.2) is 0 Å². The van der Waals surface area contributed by atoms with Crippen LogP contribution in [0.25, 0.3) is 0 Å². The van der Waals surface area contributed by atoms with Gasteiger partial charge < -0.3 is 9.80 Å². The van der Waals surface area contributed by atoms with Crippen molar-refractivity contribution < 1.29 is 18.4 Å². The molecule has 3 aliphatic rings. The number of amides is 1. The Morgan fingerprint density at radius 3 is 2.48 bits per heavy atom. The molecule has 1 amide bonds. The van der Waals surface area contributed by atoms with Gasteiger partial charge in [0.25, 0.3) is 11.8 Å². The fraction of sp³-hybridized carbons (Fsp3) is 0.750. The number of hydrogen-bond donors (Lipinski definition) is 0. The third kappa shape index (κ3) is 3.26. The Bertz CT molecular complexity index is 698. The summed E-state index contributed by atoms with van der Waals surface area (Å²) >= 11 is 1.09. The molecule has 0 N–H and O–H groups in total. The fourth-order valence-corrected chi connectivity index (χ4v) is 4.88. The molecule has 0 unspecified atom stereocenters. The van der Waals surface area contributed by atoms with E-state index in [-0.39, 0.29) is 35.8 Å². The van der Waals surface area contributed by atoms with Gasteiger partial charge in [-0.25, -0.2) is 8.78 Å². The van der Waals surface area contributed by atoms with Crippen molar-refractivity contribution in [1.29, 1.82) is 0 Å². The molecule has 3 fully saturated rings. The fourth-order valence-electron chi connectivity index (χ4n) is 4.04. The summed E-state index contributed by atoms with van der Waals surface area (Å²) in [7, 11) is 0. The normalized spacial score (nSPS) is 25.1. The predicted octanol–water partition coefficient (Wildman–Crippen LogP) is 2.36. The number of rotatable bonds is 2. The van der Waals surface area contributed by atoms with Crippen molar-refractivity contribution in [3.8, 4) is 0 Å². The van der Waals surface area contributed by atoms with E-state index in [1.165, 1.54) is 4.90 Å². The minimum atomic E-state index is -2.70. The van der Waals surface area contributed by atoms with Gasteiger partial charge >= 0.3 is 0 Å². The molecule has 1 saturated carbocycles. The minimum Gasteiger partial charge on any atom is -0.340 e. The number of aromatic nitrogens is 2. The molecule has 4 rings (SSSR count). The van der Waals surface area contributed by atoms with Gasteiger partial charge in [-0.15, -0.1) is 10.2 Å². The average molecular weight is 370 g/mol. The smallest absolute Gasteiger partial charge is 0.284 e. The Labute approximate surface area is 148 Å². The van der Waals surface area contributed by atoms with Crippen LogP contribution >= 0.6 is 11.3 Å². The number of Topliss-reactive ketones (excluding diaryl/α,β-unsaturated/α-hetero) is 1. The number of likely N-dealkylation sites (tertiary alicyclic amines) is 1. The third-order valence-electron chi connectivity index (χ3n) is 5.63. The van der Waals surface area contributed by atoms with Gasteiger partial charge in [0, 0.05) is 38.9 Å². The van der Waals surface area contributed by atoms with E-state index in [0.29, 0.717) is 36.8 Å². The Morgan fingerprint density at radius 1 is 1.04 bits per heavy atom. The first kappa shape index (κ1) is 16.8. The van der Waals surface area contributed by atoms with Crippen molar-refractivity contribution in [3.63, 3.8) is 0 Å². The van der Waals surface area contributed by atoms with Crippen LogP contribution in [-0.2, 0) is 4.79 Å². The highest BCUT2D eigenvalue weighted by molar-refractivity contribution is 7.17. The van der Waals surface area contributed by atoms with Gasteiger partial charge in [-0.2, -0.15) is 0 Å². The molecule has 2 aliphatic heterocycles. The van der Waals surface area contributed by atoms with Crippen molar-refractivity contribution in [3.05, 3.63) is 5.01 Å². The Balaban J connectivity index is 1.41. The molecular weight excluding hydrogens is 350 g/mol. The van der Waals surface area contributed by atoms with Gasteiger partial charge in [-0.3, -0.25) is 9.59 Å². The van der Waals surface area contributed by atoms with E-state index < -0.39 is 5.92 Å². The van der Waals surface area contributed by atoms with Crippen LogP contribution in [0.4, 0.5) is 13.9 Å². The summed E-state index contributed by atoms with van der Waals surface area (Å²) in [5.41, 5.74) is 0.0636. The summed E-state index contributed by atoms with van der Waals surface area (Å²) in [5, 5.41) is 8.52. The zero-order chi connectivity index (χ0) is 17.7. The van der Waals surface area contributed by atoms with E-state index in [0.717, 1.165) is 30.6 Å². The number of carbonyl (C=O) groups excluding carboxylic acids is 2. The molecule has 1 aliphatic carbocycles. The van der Waals surface area contributed by atoms with Crippen LogP contribution in [0.15, 0.2) is 0 Å². The van der Waals surface area contributed by atoms with Crippen molar-refractivity contribution in [2.45, 2.75) is 44.4 Å². The lowest BCUT2D eigenvalue weighted by Crippen LogP contribution is -2.34. The van der Waals surface area contributed by atoms with E-state index in [2.05, 4.69) is 10.2 Å². The second kappa shape index (κ2) is 5.96. The molecule has 3 heterocycles. The first-order valence-corrected chi connectivity index (χ1v) is 9.45. The molecule has 0 radical (unpaired) electrons. The van der Waals surface area contributed by atoms with E-state index in [1.807, 2.05) is 0 Å². The molecule has 9 heteroatoms. The van der Waals surface area contributed by atoms with E-state index in [9.17, 15) is 18.4 Å². The molecule has 0 bridgehead atoms. The van der Waals surface area contributed by atoms with Gasteiger partial charge in [-0.05, 0) is 24.7 Å². The largest absolute Gasteiger partial charge is 0.340 e. The van der Waals surface area contributed by atoms with Crippen molar-refractivity contribution >= 4 is 28.2 Å². The molecule has 136 valence electrons. The van der Waals surface area contributed by atoms with Crippen LogP contribution in [0.3, 0.4) is 0 Å². The lowest BCUT2D eigenvalue weighted by atomic mass is 9.73. The summed E-state index contributed by atoms with van der Waals surface area (Å²) in [4.78, 5) is 27.4. The molecule has 0 atom stereocenters. The van der Waals surface area contributed by atoms with Crippen LogP contribution < -0.4 is 4.90 Å². The van der Waals surface area contributed by atoms with E-state index in [4.69, 9.17) is 0 Å². The lowest BCUT2D eigenvalue weighted by molar-refractivity contribution is -0.122. The number of ketones is 1. The topological polar surface area (TPSA) is 66.4 Å². The van der Waals surface area contributed by atoms with E-state index >= 15 is 0 Å². The number of halogens is 2. The van der Waals surface area contributed by atoms with Crippen molar-refractivity contribution in [2.24, 2.45) is 5.41 Å². The van der Waals surface area contributed by atoms with Crippen LogP contribution in [0.1, 0.15) is 48.3 Å². The van der Waals surface area contributed by atoms with E-state index in [1.54, 1.807) is 4.90 Å². The standard InChI is InChI=1S/C16H20F2N4O2S/c17-16(18)6-8-22(10-16)14-20-19-12(25-14)13(24)21-7-5-15(9-21)3-1-11(23)2-4-15/h1-10H2. The molecule has 6 nitrogen and oxygen atoms in total. The monoisotopic (exact) mass is 370 g/mol. The quantitative estimate of drug-likeness (QED) is 0.800. The molecule has 1 aromatic rings. The predicted molar refractivity (Wildman–Crippen MR) is 88.1 cm³/mol. The molecule has 1 aromatic heterocycles. The van der Waals surface area contributed by atoms with Crippen molar-refractivity contribution in [2.75, 3.05) is 31.1 Å². The Morgan fingerprint density at radius 2 is 1.80 bits per heavy atom. The summed E-state index contributed by atoms with van der Waals surface area (Å²) < 4.78 is 26.7. The Hall–Kier alpha value is -1.64. The van der Waals surface area contributed by atoms with Crippen LogP contribution in [0.2, 0.25) is 0 Å². The number of hydrogen-bond acceptors (Lipinski definition) is 6. The van der Waals surface area contributed by atoms with Gasteiger partial charge in [0.2, 0.25) is 10.1 Å². The van der Waals surface area contributed by atoms with Gasteiger partial charge in [0.05, 0.1) is 6.54 Å². The summed E-state index contributed by atoms with van der Waals surface area (Å²) in [5.74, 6) is -2.56. The first-order valence-electron chi connectivity index (χ1n) is 8.63. The summed E-state index contributed by atoms with van der Waals surface area (Å²) in [6.45, 7) is 1.17. The highest BCUT2D eigenvalue weighted by Crippen LogP contribution is 2.43. The molecule has 1 spiro atoms. The highest BCUT2D eigenvalue weighted by Gasteiger charge is 2.43. The second-order valence-corrected chi connectivity index (χ2v) is 8.39. The molecule has 0 aromatic carbocycles. The number of nitrogens with zero attached hydrogens (tertiary/aromatic N) is 4. The average Bonchev–Trinajstić information content (AvgIpc) is 3.28. The number of anilines is 1. The maximum absolute atomic E-state index is 13.3. The Kier molecular flexibility index (Phi) is 4.01. The third-order valence-corrected chi connectivity index (χ3v) is 6.60. The zero-order valence-corrected chi connectivity index (χ0v) is 14.7.